The van der Waals surface area contributed by atoms with Gasteiger partial charge >= 0.3 is 0 Å². The van der Waals surface area contributed by atoms with Crippen LogP contribution in [-0.4, -0.2) is 4.21 Å². The van der Waals surface area contributed by atoms with Crippen LogP contribution >= 0.6 is 0 Å². The lowest BCUT2D eigenvalue weighted by molar-refractivity contribution is 0.683. The van der Waals surface area contributed by atoms with Crippen LogP contribution in [0.4, 0.5) is 0 Å². The number of hydrogen-bond donors (Lipinski definition) is 0. The molecule has 0 saturated heterocycles. The number of benzene rings is 1. The van der Waals surface area contributed by atoms with Gasteiger partial charge in [-0.05, 0) is 38.0 Å². The maximum Gasteiger partial charge on any atom is 0.0886 e. The summed E-state index contributed by atoms with van der Waals surface area (Å²) < 4.78 is 12.2. The largest absolute Gasteiger partial charge is 0.249 e. The van der Waals surface area contributed by atoms with Gasteiger partial charge in [0.05, 0.1) is 15.7 Å². The van der Waals surface area contributed by atoms with Crippen LogP contribution < -0.4 is 0 Å². The number of rotatable bonds is 5. The van der Waals surface area contributed by atoms with Crippen molar-refractivity contribution in [2.45, 2.75) is 38.0 Å². The van der Waals surface area contributed by atoms with Crippen LogP contribution in [0.25, 0.3) is 0 Å². The van der Waals surface area contributed by atoms with Crippen LogP contribution in [0.1, 0.15) is 33.1 Å². The summed E-state index contributed by atoms with van der Waals surface area (Å²) in [6, 6.07) is 9.57. The summed E-state index contributed by atoms with van der Waals surface area (Å²) in [5.41, 5.74) is 3.11. The lowest BCUT2D eigenvalue weighted by atomic mass is 10.2. The molecule has 0 heterocycles. The Hall–Kier alpha value is -1.11. The van der Waals surface area contributed by atoms with Crippen molar-refractivity contribution in [2.24, 2.45) is 0 Å². The molecule has 1 aromatic rings. The third kappa shape index (κ3) is 3.80. The molecule has 16 heavy (non-hydrogen) atoms. The Labute approximate surface area is 100 Å². The normalized spacial score (nSPS) is 11.6. The Morgan fingerprint density at radius 3 is 2.62 bits per heavy atom. The summed E-state index contributed by atoms with van der Waals surface area (Å²) in [7, 11) is -1.05. The Bertz CT molecular complexity index is 400. The van der Waals surface area contributed by atoms with Crippen molar-refractivity contribution < 1.29 is 4.21 Å². The second-order valence-electron chi connectivity index (χ2n) is 3.54. The molecule has 0 radical (unpaired) electrons. The van der Waals surface area contributed by atoms with E-state index in [0.717, 1.165) is 29.1 Å². The molecule has 1 rings (SSSR count). The maximum absolute atomic E-state index is 12.2. The van der Waals surface area contributed by atoms with Gasteiger partial charge in [0.15, 0.2) is 0 Å². The smallest absolute Gasteiger partial charge is 0.0886 e. The fraction of sp³-hybridized carbons (Fsp3) is 0.357. The van der Waals surface area contributed by atoms with E-state index in [9.17, 15) is 4.21 Å². The van der Waals surface area contributed by atoms with Gasteiger partial charge in [-0.2, -0.15) is 0 Å². The van der Waals surface area contributed by atoms with Crippen molar-refractivity contribution in [2.75, 3.05) is 0 Å². The first-order chi connectivity index (χ1) is 7.79. The molecule has 0 aliphatic carbocycles. The number of hydrogen-bond acceptors (Lipinski definition) is 1. The van der Waals surface area contributed by atoms with E-state index in [1.165, 1.54) is 0 Å². The quantitative estimate of drug-likeness (QED) is 0.703. The zero-order chi connectivity index (χ0) is 11.8. The summed E-state index contributed by atoms with van der Waals surface area (Å²) >= 11 is 0. The third-order valence-corrected chi connectivity index (χ3v) is 3.71. The molecule has 1 nitrogen and oxygen atoms in total. The minimum Gasteiger partial charge on any atom is -0.249 e. The minimum absolute atomic E-state index is 0.863. The molecule has 0 aromatic heterocycles. The van der Waals surface area contributed by atoms with Gasteiger partial charge in [0.2, 0.25) is 0 Å². The molecule has 0 amide bonds. The van der Waals surface area contributed by atoms with Gasteiger partial charge in [0.25, 0.3) is 0 Å². The monoisotopic (exact) mass is 234 g/mol. The molecule has 0 bridgehead atoms. The number of allylic oxidation sites excluding steroid dienone is 1. The zero-order valence-corrected chi connectivity index (χ0v) is 10.7. The van der Waals surface area contributed by atoms with Crippen LogP contribution in [-0.2, 0) is 10.8 Å². The Morgan fingerprint density at radius 1 is 1.38 bits per heavy atom. The maximum atomic E-state index is 12.2. The Morgan fingerprint density at radius 2 is 2.06 bits per heavy atom. The van der Waals surface area contributed by atoms with Gasteiger partial charge in [-0.15, -0.1) is 5.73 Å². The van der Waals surface area contributed by atoms with Gasteiger partial charge in [0, 0.05) is 4.90 Å². The molecular weight excluding hydrogens is 216 g/mol. The molecule has 0 saturated carbocycles. The summed E-state index contributed by atoms with van der Waals surface area (Å²) in [6.45, 7) is 4.05. The SMILES string of the molecule is CC=C=C(CCCC)S(=O)c1ccccc1. The van der Waals surface area contributed by atoms with Crippen LogP contribution in [0, 0.1) is 0 Å². The summed E-state index contributed by atoms with van der Waals surface area (Å²) in [5, 5.41) is 0. The van der Waals surface area contributed by atoms with Crippen molar-refractivity contribution in [1.29, 1.82) is 0 Å². The fourth-order valence-electron chi connectivity index (χ4n) is 1.40. The molecule has 0 N–H and O–H groups in total. The van der Waals surface area contributed by atoms with Crippen LogP contribution in [0.2, 0.25) is 0 Å². The van der Waals surface area contributed by atoms with E-state index in [1.807, 2.05) is 43.3 Å². The van der Waals surface area contributed by atoms with Crippen LogP contribution in [0.15, 0.2) is 51.9 Å². The molecule has 2 heteroatoms. The standard InChI is InChI=1S/C14H18OS/c1-3-5-10-13(9-4-2)16(15)14-11-7-6-8-12-14/h4,6-8,11-12H,3,5,10H2,1-2H3. The van der Waals surface area contributed by atoms with Crippen molar-refractivity contribution >= 4 is 10.8 Å². The predicted molar refractivity (Wildman–Crippen MR) is 69.6 cm³/mol. The van der Waals surface area contributed by atoms with E-state index < -0.39 is 10.8 Å². The van der Waals surface area contributed by atoms with Gasteiger partial charge in [-0.25, -0.2) is 4.21 Å². The van der Waals surface area contributed by atoms with Crippen molar-refractivity contribution in [3.05, 3.63) is 47.0 Å². The van der Waals surface area contributed by atoms with E-state index in [1.54, 1.807) is 0 Å². The third-order valence-electron chi connectivity index (χ3n) is 2.24. The molecule has 86 valence electrons. The second kappa shape index (κ2) is 7.21. The molecule has 0 spiro atoms. The van der Waals surface area contributed by atoms with E-state index in [-0.39, 0.29) is 0 Å². The zero-order valence-electron chi connectivity index (χ0n) is 9.90. The van der Waals surface area contributed by atoms with Gasteiger partial charge in [-0.3, -0.25) is 0 Å². The van der Waals surface area contributed by atoms with Gasteiger partial charge in [-0.1, -0.05) is 31.5 Å². The average molecular weight is 234 g/mol. The highest BCUT2D eigenvalue weighted by molar-refractivity contribution is 7.89. The van der Waals surface area contributed by atoms with Gasteiger partial charge in [0.1, 0.15) is 0 Å². The lowest BCUT2D eigenvalue weighted by Crippen LogP contribution is -1.95. The van der Waals surface area contributed by atoms with E-state index in [4.69, 9.17) is 0 Å². The first kappa shape index (κ1) is 13.0. The highest BCUT2D eigenvalue weighted by Crippen LogP contribution is 2.18. The first-order valence-electron chi connectivity index (χ1n) is 5.66. The predicted octanol–water partition coefficient (Wildman–Crippen LogP) is 4.04. The summed E-state index contributed by atoms with van der Waals surface area (Å²) in [4.78, 5) is 1.76. The molecule has 0 aliphatic rings. The molecule has 1 aromatic carbocycles. The second-order valence-corrected chi connectivity index (χ2v) is 5.04. The van der Waals surface area contributed by atoms with Crippen LogP contribution in [0.5, 0.6) is 0 Å². The molecule has 1 unspecified atom stereocenters. The van der Waals surface area contributed by atoms with Crippen molar-refractivity contribution in [1.82, 2.24) is 0 Å². The Balaban J connectivity index is 2.89. The average Bonchev–Trinajstić information content (AvgIpc) is 2.35. The Kier molecular flexibility index (Phi) is 5.84. The summed E-state index contributed by atoms with van der Waals surface area (Å²) in [6.07, 6.45) is 4.88. The topological polar surface area (TPSA) is 17.1 Å². The highest BCUT2D eigenvalue weighted by atomic mass is 32.2. The molecular formula is C14H18OS. The van der Waals surface area contributed by atoms with Gasteiger partial charge < -0.3 is 0 Å². The number of unbranched alkanes of at least 4 members (excludes halogenated alkanes) is 1. The van der Waals surface area contributed by atoms with Crippen molar-refractivity contribution in [3.63, 3.8) is 0 Å². The van der Waals surface area contributed by atoms with E-state index in [2.05, 4.69) is 12.7 Å². The highest BCUT2D eigenvalue weighted by Gasteiger charge is 2.08. The van der Waals surface area contributed by atoms with E-state index in [0.29, 0.717) is 0 Å². The van der Waals surface area contributed by atoms with E-state index >= 15 is 0 Å². The lowest BCUT2D eigenvalue weighted by Gasteiger charge is -2.04. The molecule has 1 atom stereocenters. The summed E-state index contributed by atoms with van der Waals surface area (Å²) in [5.74, 6) is 0. The minimum atomic E-state index is -1.05. The van der Waals surface area contributed by atoms with Crippen LogP contribution in [0.3, 0.4) is 0 Å². The fourth-order valence-corrected chi connectivity index (χ4v) is 2.65. The first-order valence-corrected chi connectivity index (χ1v) is 6.81. The molecule has 0 aliphatic heterocycles. The molecule has 0 fully saturated rings. The van der Waals surface area contributed by atoms with Crippen molar-refractivity contribution in [3.8, 4) is 0 Å².